The summed E-state index contributed by atoms with van der Waals surface area (Å²) in [4.78, 5) is 4.86. The van der Waals surface area contributed by atoms with E-state index in [2.05, 4.69) is 75.5 Å². The molecule has 0 radical (unpaired) electrons. The molecule has 0 bridgehead atoms. The number of ether oxygens (including phenoxy) is 1. The Kier molecular flexibility index (Phi) is 6.47. The van der Waals surface area contributed by atoms with Crippen LogP contribution in [0.2, 0.25) is 0 Å². The number of hydrogen-bond acceptors (Lipinski definition) is 3. The first-order valence-electron chi connectivity index (χ1n) is 9.18. The lowest BCUT2D eigenvalue weighted by Gasteiger charge is -2.32. The molecule has 0 saturated carbocycles. The minimum absolute atomic E-state index is 0.748. The summed E-state index contributed by atoms with van der Waals surface area (Å²) >= 11 is 0. The molecule has 2 aromatic carbocycles. The third kappa shape index (κ3) is 5.04. The maximum absolute atomic E-state index is 5.98. The smallest absolute Gasteiger partial charge is 0.120 e. The number of rotatable bonds is 6. The highest BCUT2D eigenvalue weighted by Crippen LogP contribution is 2.23. The molecule has 4 heteroatoms. The first kappa shape index (κ1) is 18.4. The van der Waals surface area contributed by atoms with Crippen molar-refractivity contribution in [2.24, 2.45) is 0 Å². The molecule has 134 valence electrons. The average Bonchev–Trinajstić information content (AvgIpc) is 2.64. The predicted molar refractivity (Wildman–Crippen MR) is 110 cm³/mol. The molecule has 1 fully saturated rings. The zero-order valence-electron chi connectivity index (χ0n) is 15.4. The van der Waals surface area contributed by atoms with Crippen molar-refractivity contribution in [1.82, 2.24) is 9.80 Å². The number of likely N-dealkylation sites (N-methyl/N-ethyl adjacent to an activating group) is 1. The van der Waals surface area contributed by atoms with Crippen LogP contribution in [0.25, 0.3) is 11.1 Å². The van der Waals surface area contributed by atoms with E-state index in [4.69, 9.17) is 4.74 Å². The first-order valence-corrected chi connectivity index (χ1v) is 9.76. The van der Waals surface area contributed by atoms with Gasteiger partial charge < -0.3 is 9.64 Å². The zero-order chi connectivity index (χ0) is 17.6. The van der Waals surface area contributed by atoms with Crippen LogP contribution < -0.4 is 10.0 Å². The molecule has 1 atom stereocenters. The standard InChI is InChI=1S/C21H29N2OP/c1-3-17-4-6-18(7-5-17)20-9-8-19(16-21(20)25)24-15-14-23-12-10-22(2)11-13-23/h4-9,16H,3,10-15,25H2,1-2H3. The third-order valence-corrected chi connectivity index (χ3v) is 5.45. The van der Waals surface area contributed by atoms with Gasteiger partial charge in [-0.1, -0.05) is 37.3 Å². The van der Waals surface area contributed by atoms with E-state index in [0.29, 0.717) is 0 Å². The van der Waals surface area contributed by atoms with Gasteiger partial charge in [0.2, 0.25) is 0 Å². The number of nitrogens with zero attached hydrogens (tertiary/aromatic N) is 2. The molecule has 25 heavy (non-hydrogen) atoms. The topological polar surface area (TPSA) is 15.7 Å². The van der Waals surface area contributed by atoms with Crippen molar-refractivity contribution in [3.05, 3.63) is 48.0 Å². The molecule has 1 saturated heterocycles. The molecule has 0 amide bonds. The fraction of sp³-hybridized carbons (Fsp3) is 0.429. The largest absolute Gasteiger partial charge is 0.492 e. The van der Waals surface area contributed by atoms with Gasteiger partial charge in [0, 0.05) is 32.7 Å². The van der Waals surface area contributed by atoms with E-state index < -0.39 is 0 Å². The van der Waals surface area contributed by atoms with Crippen LogP contribution in [0.3, 0.4) is 0 Å². The Balaban J connectivity index is 1.56. The van der Waals surface area contributed by atoms with Crippen molar-refractivity contribution >= 4 is 14.5 Å². The molecular formula is C21H29N2OP. The second kappa shape index (κ2) is 8.80. The van der Waals surface area contributed by atoms with Crippen LogP contribution in [0.5, 0.6) is 5.75 Å². The van der Waals surface area contributed by atoms with E-state index in [0.717, 1.165) is 51.5 Å². The molecule has 1 aliphatic heterocycles. The van der Waals surface area contributed by atoms with E-state index in [9.17, 15) is 0 Å². The highest BCUT2D eigenvalue weighted by atomic mass is 31.0. The van der Waals surface area contributed by atoms with E-state index >= 15 is 0 Å². The number of piperazine rings is 1. The molecule has 1 heterocycles. The van der Waals surface area contributed by atoms with Gasteiger partial charge in [-0.2, -0.15) is 0 Å². The van der Waals surface area contributed by atoms with Crippen molar-refractivity contribution in [2.45, 2.75) is 13.3 Å². The first-order chi connectivity index (χ1) is 12.2. The van der Waals surface area contributed by atoms with Gasteiger partial charge in [-0.3, -0.25) is 4.90 Å². The summed E-state index contributed by atoms with van der Waals surface area (Å²) < 4.78 is 5.98. The van der Waals surface area contributed by atoms with Gasteiger partial charge in [-0.15, -0.1) is 9.24 Å². The van der Waals surface area contributed by atoms with E-state index in [1.54, 1.807) is 0 Å². The monoisotopic (exact) mass is 356 g/mol. The van der Waals surface area contributed by atoms with Crippen LogP contribution in [0.4, 0.5) is 0 Å². The van der Waals surface area contributed by atoms with Crippen LogP contribution in [-0.2, 0) is 6.42 Å². The van der Waals surface area contributed by atoms with E-state index in [1.165, 1.54) is 22.0 Å². The molecule has 3 nitrogen and oxygen atoms in total. The maximum Gasteiger partial charge on any atom is 0.120 e. The molecule has 1 unspecified atom stereocenters. The van der Waals surface area contributed by atoms with Crippen LogP contribution in [0.15, 0.2) is 42.5 Å². The Bertz CT molecular complexity index is 679. The summed E-state index contributed by atoms with van der Waals surface area (Å²) in [7, 11) is 5.03. The number of aryl methyl sites for hydroxylation is 1. The van der Waals surface area contributed by atoms with Crippen molar-refractivity contribution < 1.29 is 4.74 Å². The van der Waals surface area contributed by atoms with E-state index in [-0.39, 0.29) is 0 Å². The molecule has 1 aliphatic rings. The van der Waals surface area contributed by atoms with Gasteiger partial charge in [0.1, 0.15) is 12.4 Å². The molecule has 0 aromatic heterocycles. The fourth-order valence-electron chi connectivity index (χ4n) is 3.18. The zero-order valence-corrected chi connectivity index (χ0v) is 16.5. The number of hydrogen-bond donors (Lipinski definition) is 0. The highest BCUT2D eigenvalue weighted by Gasteiger charge is 2.13. The Morgan fingerprint density at radius 2 is 1.72 bits per heavy atom. The van der Waals surface area contributed by atoms with Gasteiger partial charge in [0.15, 0.2) is 0 Å². The predicted octanol–water partition coefficient (Wildman–Crippen LogP) is 3.04. The lowest BCUT2D eigenvalue weighted by Crippen LogP contribution is -2.45. The number of benzene rings is 2. The molecule has 0 aliphatic carbocycles. The van der Waals surface area contributed by atoms with Gasteiger partial charge in [0.25, 0.3) is 0 Å². The normalized spacial score (nSPS) is 16.1. The minimum atomic E-state index is 0.748. The van der Waals surface area contributed by atoms with Gasteiger partial charge in [-0.05, 0) is 47.6 Å². The summed E-state index contributed by atoms with van der Waals surface area (Å²) in [5.74, 6) is 0.952. The van der Waals surface area contributed by atoms with Crippen molar-refractivity contribution in [3.63, 3.8) is 0 Å². The molecule has 0 N–H and O–H groups in total. The van der Waals surface area contributed by atoms with E-state index in [1.807, 2.05) is 0 Å². The highest BCUT2D eigenvalue weighted by molar-refractivity contribution is 7.28. The van der Waals surface area contributed by atoms with Crippen LogP contribution >= 0.6 is 9.24 Å². The molecule has 2 aromatic rings. The van der Waals surface area contributed by atoms with Crippen molar-refractivity contribution in [2.75, 3.05) is 46.4 Å². The lowest BCUT2D eigenvalue weighted by molar-refractivity contribution is 0.134. The summed E-state index contributed by atoms with van der Waals surface area (Å²) in [6.45, 7) is 8.52. The lowest BCUT2D eigenvalue weighted by atomic mass is 10.0. The Morgan fingerprint density at radius 1 is 1.00 bits per heavy atom. The quantitative estimate of drug-likeness (QED) is 0.740. The molecular weight excluding hydrogens is 327 g/mol. The van der Waals surface area contributed by atoms with Gasteiger partial charge in [-0.25, -0.2) is 0 Å². The Morgan fingerprint density at radius 3 is 2.36 bits per heavy atom. The van der Waals surface area contributed by atoms with Gasteiger partial charge in [0.05, 0.1) is 0 Å². The second-order valence-electron chi connectivity index (χ2n) is 6.79. The Labute approximate surface area is 154 Å². The SMILES string of the molecule is CCc1ccc(-c2ccc(OCCN3CCN(C)CC3)cc2P)cc1. The summed E-state index contributed by atoms with van der Waals surface area (Å²) in [5, 5.41) is 1.18. The average molecular weight is 356 g/mol. The van der Waals surface area contributed by atoms with Crippen LogP contribution in [-0.4, -0.2) is 56.2 Å². The summed E-state index contributed by atoms with van der Waals surface area (Å²) in [6.07, 6.45) is 1.08. The van der Waals surface area contributed by atoms with Crippen LogP contribution in [0.1, 0.15) is 12.5 Å². The van der Waals surface area contributed by atoms with Gasteiger partial charge >= 0.3 is 0 Å². The summed E-state index contributed by atoms with van der Waals surface area (Å²) in [5.41, 5.74) is 3.88. The van der Waals surface area contributed by atoms with Crippen LogP contribution in [0, 0.1) is 0 Å². The third-order valence-electron chi connectivity index (χ3n) is 4.97. The molecule has 0 spiro atoms. The van der Waals surface area contributed by atoms with Crippen molar-refractivity contribution in [1.29, 1.82) is 0 Å². The second-order valence-corrected chi connectivity index (χ2v) is 7.41. The maximum atomic E-state index is 5.98. The summed E-state index contributed by atoms with van der Waals surface area (Å²) in [6, 6.07) is 15.2. The fourth-order valence-corrected chi connectivity index (χ4v) is 3.60. The minimum Gasteiger partial charge on any atom is -0.492 e. The van der Waals surface area contributed by atoms with Crippen molar-refractivity contribution in [3.8, 4) is 16.9 Å². The molecule has 3 rings (SSSR count). The Hall–Kier alpha value is -1.41.